The molecule has 3 aromatic carbocycles. The second kappa shape index (κ2) is 13.0. The van der Waals surface area contributed by atoms with Crippen LogP contribution in [-0.2, 0) is 19.0 Å². The van der Waals surface area contributed by atoms with E-state index in [1.54, 1.807) is 12.1 Å². The number of esters is 2. The molecule has 2 fully saturated rings. The first-order valence-corrected chi connectivity index (χ1v) is 14.3. The number of aliphatic hydroxyl groups excluding tert-OH is 3. The minimum atomic E-state index is -1.79. The Labute approximate surface area is 244 Å². The van der Waals surface area contributed by atoms with E-state index in [1.165, 1.54) is 22.4 Å². The SMILES string of the molecule is C=CCOC(=O)[C@H]1O[C@@H](OC(=O)c2ccc(N3CC[C@H](C[C@H](C)c4cccc5ccccc45)C3)cc2)[C@H](O)[C@@H](O)[C@@H]1O. The minimum absolute atomic E-state index is 0.137. The van der Waals surface area contributed by atoms with Gasteiger partial charge in [0.1, 0.15) is 24.9 Å². The van der Waals surface area contributed by atoms with E-state index in [-0.39, 0.29) is 12.2 Å². The van der Waals surface area contributed by atoms with Crippen LogP contribution in [-0.4, -0.2) is 77.7 Å². The van der Waals surface area contributed by atoms with Crippen molar-refractivity contribution in [3.63, 3.8) is 0 Å². The number of anilines is 1. The van der Waals surface area contributed by atoms with Crippen LogP contribution in [0.4, 0.5) is 5.69 Å². The molecule has 0 aromatic heterocycles. The summed E-state index contributed by atoms with van der Waals surface area (Å²) in [5.41, 5.74) is 2.58. The molecule has 42 heavy (non-hydrogen) atoms. The Morgan fingerprint density at radius 1 is 1.02 bits per heavy atom. The van der Waals surface area contributed by atoms with Gasteiger partial charge >= 0.3 is 11.9 Å². The lowest BCUT2D eigenvalue weighted by Crippen LogP contribution is -2.60. The third-order valence-corrected chi connectivity index (χ3v) is 8.16. The number of carbonyl (C=O) groups is 2. The van der Waals surface area contributed by atoms with Gasteiger partial charge in [0.25, 0.3) is 0 Å². The van der Waals surface area contributed by atoms with E-state index < -0.39 is 42.6 Å². The van der Waals surface area contributed by atoms with Gasteiger partial charge in [0.15, 0.2) is 6.10 Å². The Balaban J connectivity index is 1.17. The molecule has 3 N–H and O–H groups in total. The third kappa shape index (κ3) is 6.34. The molecule has 3 aromatic rings. The summed E-state index contributed by atoms with van der Waals surface area (Å²) in [7, 11) is 0. The van der Waals surface area contributed by atoms with Gasteiger partial charge in [-0.2, -0.15) is 0 Å². The quantitative estimate of drug-likeness (QED) is 0.259. The molecule has 222 valence electrons. The Kier molecular flexibility index (Phi) is 9.23. The molecule has 0 radical (unpaired) electrons. The van der Waals surface area contributed by atoms with Crippen molar-refractivity contribution in [1.29, 1.82) is 0 Å². The van der Waals surface area contributed by atoms with Crippen LogP contribution in [0.3, 0.4) is 0 Å². The zero-order chi connectivity index (χ0) is 29.8. The maximum atomic E-state index is 12.8. The van der Waals surface area contributed by atoms with Crippen molar-refractivity contribution in [2.75, 3.05) is 24.6 Å². The van der Waals surface area contributed by atoms with Gasteiger partial charge in [0.2, 0.25) is 6.29 Å². The zero-order valence-electron chi connectivity index (χ0n) is 23.5. The van der Waals surface area contributed by atoms with E-state index in [0.717, 1.165) is 31.6 Å². The molecule has 0 saturated carbocycles. The number of carbonyl (C=O) groups excluding carboxylic acids is 2. The molecule has 7 atom stereocenters. The molecule has 0 spiro atoms. The fourth-order valence-corrected chi connectivity index (χ4v) is 5.91. The summed E-state index contributed by atoms with van der Waals surface area (Å²) >= 11 is 0. The summed E-state index contributed by atoms with van der Waals surface area (Å²) in [6.45, 7) is 7.43. The second-order valence-corrected chi connectivity index (χ2v) is 11.1. The van der Waals surface area contributed by atoms with Crippen molar-refractivity contribution in [3.05, 3.63) is 90.5 Å². The normalized spacial score (nSPS) is 26.5. The number of benzene rings is 3. The highest BCUT2D eigenvalue weighted by molar-refractivity contribution is 5.90. The van der Waals surface area contributed by atoms with E-state index in [0.29, 0.717) is 11.8 Å². The van der Waals surface area contributed by atoms with E-state index in [4.69, 9.17) is 14.2 Å². The monoisotopic (exact) mass is 575 g/mol. The summed E-state index contributed by atoms with van der Waals surface area (Å²) in [5.74, 6) is -0.815. The van der Waals surface area contributed by atoms with Crippen molar-refractivity contribution < 1.29 is 39.1 Å². The van der Waals surface area contributed by atoms with Gasteiger partial charge in [-0.15, -0.1) is 0 Å². The van der Waals surface area contributed by atoms with E-state index in [2.05, 4.69) is 60.9 Å². The molecule has 0 amide bonds. The summed E-state index contributed by atoms with van der Waals surface area (Å²) in [6.07, 6.45) is -5.13. The molecular formula is C33H37NO8. The van der Waals surface area contributed by atoms with Gasteiger partial charge in [-0.05, 0) is 65.3 Å². The Morgan fingerprint density at radius 3 is 2.52 bits per heavy atom. The smallest absolute Gasteiger partial charge is 0.340 e. The fraction of sp³-hybridized carbons (Fsp3) is 0.394. The average molecular weight is 576 g/mol. The summed E-state index contributed by atoms with van der Waals surface area (Å²) < 4.78 is 15.5. The van der Waals surface area contributed by atoms with Crippen LogP contribution in [0.2, 0.25) is 0 Å². The van der Waals surface area contributed by atoms with Crippen molar-refractivity contribution in [1.82, 2.24) is 0 Å². The van der Waals surface area contributed by atoms with Crippen molar-refractivity contribution in [3.8, 4) is 0 Å². The zero-order valence-corrected chi connectivity index (χ0v) is 23.5. The van der Waals surface area contributed by atoms with Crippen LogP contribution in [0.25, 0.3) is 10.8 Å². The van der Waals surface area contributed by atoms with Gasteiger partial charge in [-0.25, -0.2) is 9.59 Å². The number of aliphatic hydroxyl groups is 3. The Bertz CT molecular complexity index is 1400. The maximum Gasteiger partial charge on any atom is 0.340 e. The molecule has 2 heterocycles. The molecule has 0 aliphatic carbocycles. The maximum absolute atomic E-state index is 12.8. The molecule has 5 rings (SSSR count). The number of nitrogens with zero attached hydrogens (tertiary/aromatic N) is 1. The van der Waals surface area contributed by atoms with Crippen LogP contribution in [0.5, 0.6) is 0 Å². The second-order valence-electron chi connectivity index (χ2n) is 11.1. The largest absolute Gasteiger partial charge is 0.459 e. The molecule has 2 aliphatic rings. The van der Waals surface area contributed by atoms with Gasteiger partial charge in [0, 0.05) is 18.8 Å². The van der Waals surface area contributed by atoms with Crippen LogP contribution in [0.1, 0.15) is 41.6 Å². The minimum Gasteiger partial charge on any atom is -0.459 e. The number of hydrogen-bond donors (Lipinski definition) is 3. The molecule has 2 aliphatic heterocycles. The lowest BCUT2D eigenvalue weighted by Gasteiger charge is -2.38. The molecule has 0 bridgehead atoms. The van der Waals surface area contributed by atoms with Crippen LogP contribution >= 0.6 is 0 Å². The van der Waals surface area contributed by atoms with Gasteiger partial charge in [0.05, 0.1) is 5.56 Å². The highest BCUT2D eigenvalue weighted by atomic mass is 16.7. The number of hydrogen-bond acceptors (Lipinski definition) is 9. The fourth-order valence-electron chi connectivity index (χ4n) is 5.91. The van der Waals surface area contributed by atoms with Gasteiger partial charge in [-0.3, -0.25) is 0 Å². The van der Waals surface area contributed by atoms with E-state index in [1.807, 2.05) is 12.1 Å². The van der Waals surface area contributed by atoms with Crippen LogP contribution in [0, 0.1) is 5.92 Å². The lowest BCUT2D eigenvalue weighted by molar-refractivity contribution is -0.279. The van der Waals surface area contributed by atoms with Crippen molar-refractivity contribution in [2.24, 2.45) is 5.92 Å². The van der Waals surface area contributed by atoms with Crippen LogP contribution < -0.4 is 4.90 Å². The molecular weight excluding hydrogens is 538 g/mol. The summed E-state index contributed by atoms with van der Waals surface area (Å²) in [4.78, 5) is 27.3. The number of rotatable bonds is 9. The summed E-state index contributed by atoms with van der Waals surface area (Å²) in [5, 5.41) is 33.2. The Morgan fingerprint density at radius 2 is 1.76 bits per heavy atom. The molecule has 0 unspecified atom stereocenters. The van der Waals surface area contributed by atoms with E-state index in [9.17, 15) is 24.9 Å². The highest BCUT2D eigenvalue weighted by Gasteiger charge is 2.49. The lowest BCUT2D eigenvalue weighted by atomic mass is 9.87. The van der Waals surface area contributed by atoms with E-state index >= 15 is 0 Å². The van der Waals surface area contributed by atoms with Crippen molar-refractivity contribution in [2.45, 2.75) is 56.4 Å². The first-order chi connectivity index (χ1) is 20.3. The number of fused-ring (bicyclic) bond motifs is 1. The predicted molar refractivity (Wildman–Crippen MR) is 157 cm³/mol. The summed E-state index contributed by atoms with van der Waals surface area (Å²) in [6, 6.07) is 22.0. The average Bonchev–Trinajstić information content (AvgIpc) is 3.48. The van der Waals surface area contributed by atoms with Gasteiger partial charge in [-0.1, -0.05) is 62.0 Å². The molecule has 9 nitrogen and oxygen atoms in total. The Hall–Kier alpha value is -3.76. The first kappa shape index (κ1) is 29.7. The topological polar surface area (TPSA) is 126 Å². The molecule has 2 saturated heterocycles. The highest BCUT2D eigenvalue weighted by Crippen LogP contribution is 2.34. The number of ether oxygens (including phenoxy) is 3. The first-order valence-electron chi connectivity index (χ1n) is 14.3. The van der Waals surface area contributed by atoms with Crippen molar-refractivity contribution >= 4 is 28.4 Å². The third-order valence-electron chi connectivity index (χ3n) is 8.16. The standard InChI is InChI=1S/C33H37NO8/c1-3-17-40-32(39)30-28(36)27(35)29(37)33(41-30)42-31(38)23-11-13-24(14-12-23)34-16-15-21(19-34)18-20(2)25-10-6-8-22-7-4-5-9-26(22)25/h3-14,20-21,27-30,33,35-37H,1,15-19H2,2H3/t20-,21+,27-,28-,29+,30-,33-/m0/s1. The predicted octanol–water partition coefficient (Wildman–Crippen LogP) is 3.55. The van der Waals surface area contributed by atoms with Gasteiger partial charge < -0.3 is 34.4 Å². The van der Waals surface area contributed by atoms with Crippen LogP contribution in [0.15, 0.2) is 79.4 Å². The molecule has 9 heteroatoms.